The molecular formula is C14H28O4S. The fraction of sp³-hybridized carbons (Fsp3) is 1.00. The van der Waals surface area contributed by atoms with Crippen LogP contribution < -0.4 is 0 Å². The minimum absolute atomic E-state index is 0.326. The van der Waals surface area contributed by atoms with Crippen molar-refractivity contribution in [2.24, 2.45) is 5.41 Å². The molecular weight excluding hydrogens is 264 g/mol. The fourth-order valence-corrected chi connectivity index (χ4v) is 2.75. The van der Waals surface area contributed by atoms with Crippen LogP contribution in [-0.2, 0) is 18.9 Å². The standard InChI is InChI=1S/C14H28O4S/c1-15-6-7-16-8-9-17-10-11-18-12-14(13-19)4-2-3-5-14/h19H,2-13H2,1H3. The Morgan fingerprint density at radius 3 is 1.89 bits per heavy atom. The highest BCUT2D eigenvalue weighted by Crippen LogP contribution is 2.39. The Bertz CT molecular complexity index is 208. The van der Waals surface area contributed by atoms with Gasteiger partial charge < -0.3 is 18.9 Å². The van der Waals surface area contributed by atoms with Gasteiger partial charge in [-0.15, -0.1) is 0 Å². The summed E-state index contributed by atoms with van der Waals surface area (Å²) in [5, 5.41) is 0. The van der Waals surface area contributed by atoms with E-state index < -0.39 is 0 Å². The van der Waals surface area contributed by atoms with Crippen LogP contribution in [0.5, 0.6) is 0 Å². The second kappa shape index (κ2) is 10.9. The van der Waals surface area contributed by atoms with E-state index in [4.69, 9.17) is 18.9 Å². The molecule has 0 saturated heterocycles. The second-order valence-corrected chi connectivity index (χ2v) is 5.45. The maximum Gasteiger partial charge on any atom is 0.0701 e. The first-order valence-electron chi connectivity index (χ1n) is 7.16. The average Bonchev–Trinajstić information content (AvgIpc) is 2.90. The molecule has 5 heteroatoms. The first-order valence-corrected chi connectivity index (χ1v) is 7.79. The third-order valence-electron chi connectivity index (χ3n) is 3.58. The summed E-state index contributed by atoms with van der Waals surface area (Å²) >= 11 is 4.46. The van der Waals surface area contributed by atoms with Gasteiger partial charge in [0, 0.05) is 12.5 Å². The van der Waals surface area contributed by atoms with Crippen LogP contribution in [0.3, 0.4) is 0 Å². The molecule has 0 spiro atoms. The molecule has 0 aliphatic heterocycles. The SMILES string of the molecule is COCCOCCOCCOCC1(CS)CCCC1. The highest BCUT2D eigenvalue weighted by Gasteiger charge is 2.32. The number of hydrogen-bond acceptors (Lipinski definition) is 5. The predicted octanol–water partition coefficient (Wildman–Crippen LogP) is 2.17. The smallest absolute Gasteiger partial charge is 0.0701 e. The Morgan fingerprint density at radius 2 is 1.37 bits per heavy atom. The predicted molar refractivity (Wildman–Crippen MR) is 79.1 cm³/mol. The third kappa shape index (κ3) is 7.51. The number of rotatable bonds is 12. The molecule has 0 aromatic heterocycles. The van der Waals surface area contributed by atoms with Crippen molar-refractivity contribution in [3.63, 3.8) is 0 Å². The summed E-state index contributed by atoms with van der Waals surface area (Å²) in [6.07, 6.45) is 5.15. The van der Waals surface area contributed by atoms with E-state index in [-0.39, 0.29) is 0 Å². The van der Waals surface area contributed by atoms with Crippen LogP contribution in [0.15, 0.2) is 0 Å². The minimum atomic E-state index is 0.326. The second-order valence-electron chi connectivity index (χ2n) is 5.14. The zero-order valence-electron chi connectivity index (χ0n) is 12.1. The van der Waals surface area contributed by atoms with Crippen LogP contribution in [0.1, 0.15) is 25.7 Å². The molecule has 0 aromatic carbocycles. The van der Waals surface area contributed by atoms with Gasteiger partial charge in [0.05, 0.1) is 46.2 Å². The van der Waals surface area contributed by atoms with Gasteiger partial charge in [0.25, 0.3) is 0 Å². The van der Waals surface area contributed by atoms with E-state index in [1.165, 1.54) is 25.7 Å². The molecule has 0 amide bonds. The zero-order chi connectivity index (χ0) is 13.8. The first kappa shape index (κ1) is 17.2. The molecule has 0 N–H and O–H groups in total. The quantitative estimate of drug-likeness (QED) is 0.442. The van der Waals surface area contributed by atoms with Gasteiger partial charge in [0.1, 0.15) is 0 Å². The van der Waals surface area contributed by atoms with E-state index in [1.54, 1.807) is 7.11 Å². The fourth-order valence-electron chi connectivity index (χ4n) is 2.34. The normalized spacial score (nSPS) is 18.0. The van der Waals surface area contributed by atoms with Crippen LogP contribution in [-0.4, -0.2) is 59.1 Å². The summed E-state index contributed by atoms with van der Waals surface area (Å²) in [5.41, 5.74) is 0.326. The molecule has 1 saturated carbocycles. The molecule has 1 aliphatic rings. The Morgan fingerprint density at radius 1 is 0.842 bits per heavy atom. The van der Waals surface area contributed by atoms with Gasteiger partial charge >= 0.3 is 0 Å². The van der Waals surface area contributed by atoms with Gasteiger partial charge in [0.2, 0.25) is 0 Å². The average molecular weight is 292 g/mol. The van der Waals surface area contributed by atoms with E-state index in [0.29, 0.717) is 45.1 Å². The molecule has 4 nitrogen and oxygen atoms in total. The van der Waals surface area contributed by atoms with Gasteiger partial charge in [-0.2, -0.15) is 12.6 Å². The summed E-state index contributed by atoms with van der Waals surface area (Å²) in [5.74, 6) is 0.932. The number of ether oxygens (including phenoxy) is 4. The van der Waals surface area contributed by atoms with E-state index in [2.05, 4.69) is 12.6 Å². The third-order valence-corrected chi connectivity index (χ3v) is 4.25. The highest BCUT2D eigenvalue weighted by atomic mass is 32.1. The first-order chi connectivity index (χ1) is 9.33. The largest absolute Gasteiger partial charge is 0.382 e. The summed E-state index contributed by atoms with van der Waals surface area (Å²) in [7, 11) is 1.67. The molecule has 0 unspecified atom stereocenters. The molecule has 1 fully saturated rings. The monoisotopic (exact) mass is 292 g/mol. The van der Waals surface area contributed by atoms with Crippen molar-refractivity contribution >= 4 is 12.6 Å². The molecule has 0 heterocycles. The van der Waals surface area contributed by atoms with E-state index in [1.807, 2.05) is 0 Å². The lowest BCUT2D eigenvalue weighted by Crippen LogP contribution is -2.26. The maximum atomic E-state index is 5.72. The van der Waals surface area contributed by atoms with Gasteiger partial charge in [-0.3, -0.25) is 0 Å². The summed E-state index contributed by atoms with van der Waals surface area (Å²) in [6, 6.07) is 0. The molecule has 0 aromatic rings. The van der Waals surface area contributed by atoms with E-state index in [0.717, 1.165) is 12.4 Å². The Hall–Kier alpha value is 0.190. The van der Waals surface area contributed by atoms with Crippen molar-refractivity contribution in [3.05, 3.63) is 0 Å². The lowest BCUT2D eigenvalue weighted by atomic mass is 9.90. The summed E-state index contributed by atoms with van der Waals surface area (Å²) in [6.45, 7) is 4.61. The molecule has 19 heavy (non-hydrogen) atoms. The van der Waals surface area contributed by atoms with Crippen molar-refractivity contribution in [1.82, 2.24) is 0 Å². The van der Waals surface area contributed by atoms with Crippen LogP contribution in [0.25, 0.3) is 0 Å². The van der Waals surface area contributed by atoms with Gasteiger partial charge in [-0.05, 0) is 18.6 Å². The van der Waals surface area contributed by atoms with Crippen molar-refractivity contribution in [1.29, 1.82) is 0 Å². The Kier molecular flexibility index (Phi) is 9.91. The zero-order valence-corrected chi connectivity index (χ0v) is 13.0. The minimum Gasteiger partial charge on any atom is -0.382 e. The van der Waals surface area contributed by atoms with Crippen LogP contribution >= 0.6 is 12.6 Å². The number of thiol groups is 1. The number of methoxy groups -OCH3 is 1. The molecule has 0 radical (unpaired) electrons. The Balaban J connectivity index is 1.85. The van der Waals surface area contributed by atoms with Gasteiger partial charge in [-0.25, -0.2) is 0 Å². The van der Waals surface area contributed by atoms with Crippen LogP contribution in [0.4, 0.5) is 0 Å². The maximum absolute atomic E-state index is 5.72. The van der Waals surface area contributed by atoms with Crippen molar-refractivity contribution in [2.75, 3.05) is 59.1 Å². The molecule has 0 bridgehead atoms. The molecule has 1 aliphatic carbocycles. The Labute approximate surface area is 122 Å². The van der Waals surface area contributed by atoms with Crippen molar-refractivity contribution < 1.29 is 18.9 Å². The summed E-state index contributed by atoms with van der Waals surface area (Å²) in [4.78, 5) is 0. The van der Waals surface area contributed by atoms with Crippen LogP contribution in [0.2, 0.25) is 0 Å². The topological polar surface area (TPSA) is 36.9 Å². The highest BCUT2D eigenvalue weighted by molar-refractivity contribution is 7.80. The van der Waals surface area contributed by atoms with Gasteiger partial charge in [-0.1, -0.05) is 12.8 Å². The van der Waals surface area contributed by atoms with Crippen molar-refractivity contribution in [3.8, 4) is 0 Å². The lowest BCUT2D eigenvalue weighted by molar-refractivity contribution is -0.0104. The molecule has 1 rings (SSSR count). The van der Waals surface area contributed by atoms with E-state index in [9.17, 15) is 0 Å². The molecule has 114 valence electrons. The molecule has 0 atom stereocenters. The van der Waals surface area contributed by atoms with Crippen molar-refractivity contribution in [2.45, 2.75) is 25.7 Å². The van der Waals surface area contributed by atoms with E-state index >= 15 is 0 Å². The lowest BCUT2D eigenvalue weighted by Gasteiger charge is -2.26. The van der Waals surface area contributed by atoms with Crippen LogP contribution in [0, 0.1) is 5.41 Å². The van der Waals surface area contributed by atoms with Gasteiger partial charge in [0.15, 0.2) is 0 Å². The number of hydrogen-bond donors (Lipinski definition) is 1. The summed E-state index contributed by atoms with van der Waals surface area (Å²) < 4.78 is 21.3.